The highest BCUT2D eigenvalue weighted by Crippen LogP contribution is 2.11. The van der Waals surface area contributed by atoms with Crippen LogP contribution in [0.2, 0.25) is 0 Å². The SMILES string of the molecule is CCSc1nncc(O)n1. The first kappa shape index (κ1) is 7.27. The number of hydrogen-bond donors (Lipinski definition) is 1. The highest BCUT2D eigenvalue weighted by Gasteiger charge is 1.96. The molecule has 5 heteroatoms. The Morgan fingerprint density at radius 3 is 3.10 bits per heavy atom. The highest BCUT2D eigenvalue weighted by atomic mass is 32.2. The molecule has 4 nitrogen and oxygen atoms in total. The maximum atomic E-state index is 8.81. The van der Waals surface area contributed by atoms with Crippen LogP contribution in [0.4, 0.5) is 0 Å². The molecule has 0 aromatic carbocycles. The van der Waals surface area contributed by atoms with Crippen molar-refractivity contribution in [2.75, 3.05) is 5.75 Å². The van der Waals surface area contributed by atoms with Gasteiger partial charge in [0.1, 0.15) is 6.20 Å². The van der Waals surface area contributed by atoms with Gasteiger partial charge in [0.25, 0.3) is 0 Å². The lowest BCUT2D eigenvalue weighted by Crippen LogP contribution is -1.88. The molecule has 0 aliphatic rings. The molecule has 0 aliphatic carbocycles. The zero-order valence-electron chi connectivity index (χ0n) is 5.48. The molecule has 0 saturated carbocycles. The first-order valence-electron chi connectivity index (χ1n) is 2.84. The zero-order chi connectivity index (χ0) is 7.40. The van der Waals surface area contributed by atoms with Gasteiger partial charge in [-0.25, -0.2) is 0 Å². The van der Waals surface area contributed by atoms with Gasteiger partial charge in [-0.15, -0.1) is 5.10 Å². The molecular formula is C5H7N3OS. The van der Waals surface area contributed by atoms with Crippen LogP contribution in [0.25, 0.3) is 0 Å². The van der Waals surface area contributed by atoms with Crippen molar-refractivity contribution in [1.82, 2.24) is 15.2 Å². The van der Waals surface area contributed by atoms with Crippen molar-refractivity contribution >= 4 is 11.8 Å². The average molecular weight is 157 g/mol. The Balaban J connectivity index is 2.75. The lowest BCUT2D eigenvalue weighted by atomic mass is 10.8. The Morgan fingerprint density at radius 1 is 1.70 bits per heavy atom. The van der Waals surface area contributed by atoms with E-state index in [0.717, 1.165) is 5.75 Å². The van der Waals surface area contributed by atoms with Crippen LogP contribution >= 0.6 is 11.8 Å². The first-order chi connectivity index (χ1) is 4.83. The highest BCUT2D eigenvalue weighted by molar-refractivity contribution is 7.99. The molecule has 0 aliphatic heterocycles. The third-order valence-corrected chi connectivity index (χ3v) is 1.52. The van der Waals surface area contributed by atoms with Crippen LogP contribution in [0.3, 0.4) is 0 Å². The number of nitrogens with zero attached hydrogens (tertiary/aromatic N) is 3. The Labute approximate surface area is 62.7 Å². The Kier molecular flexibility index (Phi) is 2.44. The molecule has 0 fully saturated rings. The summed E-state index contributed by atoms with van der Waals surface area (Å²) in [5.41, 5.74) is 0. The van der Waals surface area contributed by atoms with Crippen LogP contribution in [0, 0.1) is 0 Å². The quantitative estimate of drug-likeness (QED) is 0.640. The van der Waals surface area contributed by atoms with Crippen LogP contribution in [-0.2, 0) is 0 Å². The van der Waals surface area contributed by atoms with E-state index in [2.05, 4.69) is 15.2 Å². The fraction of sp³-hybridized carbons (Fsp3) is 0.400. The predicted molar refractivity (Wildman–Crippen MR) is 37.9 cm³/mol. The van der Waals surface area contributed by atoms with Gasteiger partial charge in [-0.3, -0.25) is 0 Å². The molecule has 0 amide bonds. The summed E-state index contributed by atoms with van der Waals surface area (Å²) >= 11 is 1.44. The summed E-state index contributed by atoms with van der Waals surface area (Å²) in [5, 5.41) is 16.5. The zero-order valence-corrected chi connectivity index (χ0v) is 6.30. The van der Waals surface area contributed by atoms with Gasteiger partial charge < -0.3 is 5.11 Å². The predicted octanol–water partition coefficient (Wildman–Crippen LogP) is 0.689. The van der Waals surface area contributed by atoms with Crippen molar-refractivity contribution in [2.24, 2.45) is 0 Å². The molecule has 0 unspecified atom stereocenters. The van der Waals surface area contributed by atoms with Gasteiger partial charge in [0.05, 0.1) is 0 Å². The second kappa shape index (κ2) is 3.36. The van der Waals surface area contributed by atoms with Gasteiger partial charge in [0.15, 0.2) is 0 Å². The first-order valence-corrected chi connectivity index (χ1v) is 3.83. The summed E-state index contributed by atoms with van der Waals surface area (Å²) in [6.07, 6.45) is 1.21. The maximum Gasteiger partial charge on any atom is 0.234 e. The number of rotatable bonds is 2. The molecule has 0 spiro atoms. The second-order valence-electron chi connectivity index (χ2n) is 1.53. The van der Waals surface area contributed by atoms with Crippen LogP contribution in [0.1, 0.15) is 6.92 Å². The van der Waals surface area contributed by atoms with E-state index in [1.165, 1.54) is 18.0 Å². The summed E-state index contributed by atoms with van der Waals surface area (Å²) < 4.78 is 0. The third-order valence-electron chi connectivity index (χ3n) is 0.800. The minimum absolute atomic E-state index is 0.0778. The minimum Gasteiger partial charge on any atom is -0.492 e. The van der Waals surface area contributed by atoms with E-state index in [-0.39, 0.29) is 5.88 Å². The van der Waals surface area contributed by atoms with E-state index in [9.17, 15) is 0 Å². The molecule has 1 aromatic heterocycles. The summed E-state index contributed by atoms with van der Waals surface area (Å²) in [4.78, 5) is 3.71. The molecule has 1 rings (SSSR count). The van der Waals surface area contributed by atoms with E-state index in [1.54, 1.807) is 0 Å². The van der Waals surface area contributed by atoms with E-state index >= 15 is 0 Å². The van der Waals surface area contributed by atoms with Gasteiger partial charge in [0, 0.05) is 0 Å². The van der Waals surface area contributed by atoms with Gasteiger partial charge in [-0.2, -0.15) is 10.1 Å². The summed E-state index contributed by atoms with van der Waals surface area (Å²) in [5.74, 6) is 0.802. The second-order valence-corrected chi connectivity index (χ2v) is 2.76. The van der Waals surface area contributed by atoms with Crippen LogP contribution in [0.15, 0.2) is 11.4 Å². The van der Waals surface area contributed by atoms with Crippen molar-refractivity contribution in [2.45, 2.75) is 12.1 Å². The Hall–Kier alpha value is -0.840. The van der Waals surface area contributed by atoms with Gasteiger partial charge >= 0.3 is 0 Å². The Morgan fingerprint density at radius 2 is 2.50 bits per heavy atom. The molecule has 1 aromatic rings. The lowest BCUT2D eigenvalue weighted by Gasteiger charge is -1.93. The maximum absolute atomic E-state index is 8.81. The van der Waals surface area contributed by atoms with E-state index < -0.39 is 0 Å². The average Bonchev–Trinajstić information content (AvgIpc) is 1.88. The minimum atomic E-state index is -0.0778. The van der Waals surface area contributed by atoms with Crippen molar-refractivity contribution in [3.8, 4) is 5.88 Å². The molecule has 1 heterocycles. The molecule has 1 N–H and O–H groups in total. The Bertz CT molecular complexity index is 218. The van der Waals surface area contributed by atoms with E-state index in [0.29, 0.717) is 5.16 Å². The van der Waals surface area contributed by atoms with Crippen LogP contribution in [-0.4, -0.2) is 26.0 Å². The molecular weight excluding hydrogens is 150 g/mol. The van der Waals surface area contributed by atoms with E-state index in [1.807, 2.05) is 6.92 Å². The number of aromatic nitrogens is 3. The molecule has 54 valence electrons. The van der Waals surface area contributed by atoms with Gasteiger partial charge in [0.2, 0.25) is 11.0 Å². The largest absolute Gasteiger partial charge is 0.492 e. The van der Waals surface area contributed by atoms with Crippen LogP contribution < -0.4 is 0 Å². The lowest BCUT2D eigenvalue weighted by molar-refractivity contribution is 0.439. The summed E-state index contributed by atoms with van der Waals surface area (Å²) in [6.45, 7) is 1.98. The summed E-state index contributed by atoms with van der Waals surface area (Å²) in [7, 11) is 0. The van der Waals surface area contributed by atoms with Gasteiger partial charge in [-0.05, 0) is 5.75 Å². The number of aromatic hydroxyl groups is 1. The fourth-order valence-electron chi connectivity index (χ4n) is 0.469. The topological polar surface area (TPSA) is 58.9 Å². The fourth-order valence-corrected chi connectivity index (χ4v) is 0.991. The normalized spacial score (nSPS) is 9.70. The standard InChI is InChI=1S/C5H7N3OS/c1-2-10-5-7-4(9)3-6-8-5/h3H,2H2,1H3,(H,7,8,9). The van der Waals surface area contributed by atoms with Crippen LogP contribution in [0.5, 0.6) is 5.88 Å². The van der Waals surface area contributed by atoms with Gasteiger partial charge in [-0.1, -0.05) is 18.7 Å². The summed E-state index contributed by atoms with van der Waals surface area (Å²) in [6, 6.07) is 0. The molecule has 0 atom stereocenters. The number of thioether (sulfide) groups is 1. The van der Waals surface area contributed by atoms with Crippen molar-refractivity contribution < 1.29 is 5.11 Å². The third kappa shape index (κ3) is 1.84. The molecule has 0 saturated heterocycles. The molecule has 0 bridgehead atoms. The number of hydrogen-bond acceptors (Lipinski definition) is 5. The molecule has 10 heavy (non-hydrogen) atoms. The monoisotopic (exact) mass is 157 g/mol. The van der Waals surface area contributed by atoms with Crippen molar-refractivity contribution in [3.05, 3.63) is 6.20 Å². The van der Waals surface area contributed by atoms with E-state index in [4.69, 9.17) is 5.11 Å². The van der Waals surface area contributed by atoms with Crippen molar-refractivity contribution in [1.29, 1.82) is 0 Å². The van der Waals surface area contributed by atoms with Crippen molar-refractivity contribution in [3.63, 3.8) is 0 Å². The molecule has 0 radical (unpaired) electrons. The smallest absolute Gasteiger partial charge is 0.234 e.